The van der Waals surface area contributed by atoms with E-state index in [-0.39, 0.29) is 23.2 Å². The summed E-state index contributed by atoms with van der Waals surface area (Å²) in [5.41, 5.74) is -1.78. The number of hydrogen-bond acceptors (Lipinski definition) is 7. The highest BCUT2D eigenvalue weighted by molar-refractivity contribution is 7.91. The highest BCUT2D eigenvalue weighted by Crippen LogP contribution is 2.39. The number of anilines is 1. The molecule has 4 rings (SSSR count). The summed E-state index contributed by atoms with van der Waals surface area (Å²) in [6.45, 7) is 2.06. The van der Waals surface area contributed by atoms with Crippen molar-refractivity contribution in [2.45, 2.75) is 50.2 Å². The van der Waals surface area contributed by atoms with Crippen LogP contribution in [0.4, 0.5) is 14.6 Å². The van der Waals surface area contributed by atoms with Crippen molar-refractivity contribution >= 4 is 26.6 Å². The predicted molar refractivity (Wildman–Crippen MR) is 137 cm³/mol. The minimum atomic E-state index is -3.54. The number of nitrogens with one attached hydrogen (secondary N) is 1. The van der Waals surface area contributed by atoms with Gasteiger partial charge in [0.25, 0.3) is 0 Å². The van der Waals surface area contributed by atoms with Crippen LogP contribution in [0.2, 0.25) is 0 Å². The lowest BCUT2D eigenvalue weighted by atomic mass is 9.91. The first-order chi connectivity index (χ1) is 17.2. The maximum Gasteiger partial charge on any atom is 0.349 e. The van der Waals surface area contributed by atoms with E-state index in [9.17, 15) is 27.1 Å². The largest absolute Gasteiger partial charge is 0.384 e. The molecule has 1 fully saturated rings. The van der Waals surface area contributed by atoms with Crippen LogP contribution >= 0.6 is 0 Å². The Morgan fingerprint density at radius 2 is 1.92 bits per heavy atom. The van der Waals surface area contributed by atoms with E-state index in [1.54, 1.807) is 19.2 Å². The van der Waals surface area contributed by atoms with E-state index in [2.05, 4.69) is 21.2 Å². The number of alkyl halides is 2. The zero-order valence-electron chi connectivity index (χ0n) is 20.7. The van der Waals surface area contributed by atoms with Crippen LogP contribution in [0, 0.1) is 12.3 Å². The van der Waals surface area contributed by atoms with Crippen LogP contribution in [0.3, 0.4) is 0 Å². The summed E-state index contributed by atoms with van der Waals surface area (Å²) in [7, 11) is -1.50. The molecule has 1 aliphatic rings. The molecule has 0 aliphatic carbocycles. The van der Waals surface area contributed by atoms with Crippen molar-refractivity contribution in [3.8, 4) is 12.3 Å². The van der Waals surface area contributed by atoms with E-state index in [1.807, 2.05) is 0 Å². The number of terminal acetylenes is 1. The van der Waals surface area contributed by atoms with Gasteiger partial charge in [0, 0.05) is 29.6 Å². The highest BCUT2D eigenvalue weighted by Gasteiger charge is 2.47. The Labute approximate surface area is 213 Å². The molecule has 0 saturated carbocycles. The van der Waals surface area contributed by atoms with Gasteiger partial charge < -0.3 is 10.4 Å². The number of rotatable bonds is 6. The smallest absolute Gasteiger partial charge is 0.349 e. The van der Waals surface area contributed by atoms with Gasteiger partial charge in [0.15, 0.2) is 0 Å². The van der Waals surface area contributed by atoms with Crippen molar-refractivity contribution in [3.63, 3.8) is 0 Å². The van der Waals surface area contributed by atoms with E-state index in [4.69, 9.17) is 6.42 Å². The monoisotopic (exact) mass is 530 g/mol. The Morgan fingerprint density at radius 3 is 2.54 bits per heavy atom. The quantitative estimate of drug-likeness (QED) is 0.470. The standard InChI is InChI=1S/C26H28F2N4O4S/c1-5-20(17-7-6-8-18(13-17)26(27,28)25(2,3)34)30-23-19-14-21(16-9-11-37(35,36)12-10-16)29-15-22(19)32(4)24(33)31-23/h1,6-8,13-16,20,34H,9-12H2,2-4H3,(H,30,31,33)/t20-/m1/s1. The van der Waals surface area contributed by atoms with Gasteiger partial charge in [0.1, 0.15) is 27.3 Å². The zero-order valence-corrected chi connectivity index (χ0v) is 21.5. The number of aromatic nitrogens is 3. The summed E-state index contributed by atoms with van der Waals surface area (Å²) < 4.78 is 54.6. The lowest BCUT2D eigenvalue weighted by Gasteiger charge is -2.29. The van der Waals surface area contributed by atoms with Crippen LogP contribution in [0.25, 0.3) is 10.9 Å². The molecule has 1 atom stereocenters. The van der Waals surface area contributed by atoms with E-state index >= 15 is 0 Å². The molecule has 8 nitrogen and oxygen atoms in total. The number of pyridine rings is 1. The molecule has 2 N–H and O–H groups in total. The molecule has 3 aromatic rings. The maximum atomic E-state index is 14.8. The number of sulfone groups is 1. The van der Waals surface area contributed by atoms with Crippen LogP contribution in [-0.4, -0.2) is 45.2 Å². The molecule has 11 heteroatoms. The van der Waals surface area contributed by atoms with E-state index < -0.39 is 38.7 Å². The van der Waals surface area contributed by atoms with Crippen LogP contribution in [0.5, 0.6) is 0 Å². The van der Waals surface area contributed by atoms with Gasteiger partial charge in [0.2, 0.25) is 0 Å². The molecule has 0 spiro atoms. The van der Waals surface area contributed by atoms with Crippen molar-refractivity contribution in [3.05, 3.63) is 63.8 Å². The first-order valence-electron chi connectivity index (χ1n) is 11.7. The molecule has 196 valence electrons. The SMILES string of the molecule is C#C[C@@H](Nc1nc(=O)n(C)c2cnc(C3CCS(=O)(=O)CC3)cc12)c1cccc(C(F)(F)C(C)(C)O)c1. The maximum absolute atomic E-state index is 14.8. The fraction of sp³-hybridized carbons (Fsp3) is 0.423. The van der Waals surface area contributed by atoms with E-state index in [1.165, 1.54) is 29.0 Å². The second-order valence-corrected chi connectivity index (χ2v) is 12.2. The molecular weight excluding hydrogens is 502 g/mol. The molecule has 1 aromatic carbocycles. The molecule has 0 unspecified atom stereocenters. The average molecular weight is 531 g/mol. The number of halogens is 2. The van der Waals surface area contributed by atoms with Gasteiger partial charge in [-0.15, -0.1) is 6.42 Å². The molecule has 1 aliphatic heterocycles. The summed E-state index contributed by atoms with van der Waals surface area (Å²) in [6.07, 6.45) is 8.18. The third-order valence-electron chi connectivity index (χ3n) is 6.79. The molecular formula is C26H28F2N4O4S. The molecule has 2 aromatic heterocycles. The van der Waals surface area contributed by atoms with Gasteiger partial charge in [-0.25, -0.2) is 13.2 Å². The zero-order chi connectivity index (χ0) is 27.2. The van der Waals surface area contributed by atoms with Crippen molar-refractivity contribution < 1.29 is 22.3 Å². The molecule has 3 heterocycles. The Bertz CT molecular complexity index is 1540. The van der Waals surface area contributed by atoms with Crippen LogP contribution < -0.4 is 11.0 Å². The predicted octanol–water partition coefficient (Wildman–Crippen LogP) is 3.27. The van der Waals surface area contributed by atoms with Gasteiger partial charge in [-0.05, 0) is 44.4 Å². The third kappa shape index (κ3) is 5.22. The summed E-state index contributed by atoms with van der Waals surface area (Å²) >= 11 is 0. The Balaban J connectivity index is 1.74. The minimum absolute atomic E-state index is 0.0674. The van der Waals surface area contributed by atoms with E-state index in [0.717, 1.165) is 13.8 Å². The lowest BCUT2D eigenvalue weighted by Crippen LogP contribution is -2.40. The summed E-state index contributed by atoms with van der Waals surface area (Å²) in [5, 5.41) is 13.5. The first-order valence-corrected chi connectivity index (χ1v) is 13.6. The molecule has 1 saturated heterocycles. The Hall–Kier alpha value is -3.36. The normalized spacial score (nSPS) is 17.3. The minimum Gasteiger partial charge on any atom is -0.384 e. The molecule has 37 heavy (non-hydrogen) atoms. The lowest BCUT2D eigenvalue weighted by molar-refractivity contribution is -0.168. The number of fused-ring (bicyclic) bond motifs is 1. The number of benzene rings is 1. The highest BCUT2D eigenvalue weighted by atomic mass is 32.2. The molecule has 0 bridgehead atoms. The van der Waals surface area contributed by atoms with Crippen molar-refractivity contribution in [2.24, 2.45) is 7.05 Å². The second-order valence-electron chi connectivity index (χ2n) is 9.86. The fourth-order valence-electron chi connectivity index (χ4n) is 4.40. The summed E-state index contributed by atoms with van der Waals surface area (Å²) in [6, 6.07) is 6.26. The number of nitrogens with zero attached hydrogens (tertiary/aromatic N) is 3. The Morgan fingerprint density at radius 1 is 1.24 bits per heavy atom. The third-order valence-corrected chi connectivity index (χ3v) is 8.50. The number of aryl methyl sites for hydroxylation is 1. The van der Waals surface area contributed by atoms with Crippen molar-refractivity contribution in [1.82, 2.24) is 14.5 Å². The number of hydrogen-bond donors (Lipinski definition) is 2. The van der Waals surface area contributed by atoms with Gasteiger partial charge in [-0.3, -0.25) is 9.55 Å². The average Bonchev–Trinajstić information content (AvgIpc) is 2.84. The summed E-state index contributed by atoms with van der Waals surface area (Å²) in [4.78, 5) is 21.2. The van der Waals surface area contributed by atoms with Crippen molar-refractivity contribution in [1.29, 1.82) is 0 Å². The first kappa shape index (κ1) is 26.7. The molecule has 0 amide bonds. The topological polar surface area (TPSA) is 114 Å². The van der Waals surface area contributed by atoms with Crippen LogP contribution in [-0.2, 0) is 22.8 Å². The second kappa shape index (κ2) is 9.50. The van der Waals surface area contributed by atoms with Crippen molar-refractivity contribution in [2.75, 3.05) is 16.8 Å². The van der Waals surface area contributed by atoms with E-state index in [0.29, 0.717) is 35.0 Å². The van der Waals surface area contributed by atoms with Gasteiger partial charge in [-0.2, -0.15) is 13.8 Å². The van der Waals surface area contributed by atoms with Crippen LogP contribution in [0.15, 0.2) is 41.3 Å². The van der Waals surface area contributed by atoms with Gasteiger partial charge >= 0.3 is 11.6 Å². The van der Waals surface area contributed by atoms with Crippen LogP contribution in [0.1, 0.15) is 55.5 Å². The summed E-state index contributed by atoms with van der Waals surface area (Å²) in [5.74, 6) is -0.761. The number of aliphatic hydroxyl groups is 1. The Kier molecular flexibility index (Phi) is 6.86. The molecule has 0 radical (unpaired) electrons. The fourth-order valence-corrected chi connectivity index (χ4v) is 5.89. The van der Waals surface area contributed by atoms with Gasteiger partial charge in [-0.1, -0.05) is 24.1 Å². The van der Waals surface area contributed by atoms with Gasteiger partial charge in [0.05, 0.1) is 23.2 Å².